The largest absolute Gasteiger partial charge is 0.203 e. The molecule has 0 aromatic carbocycles. The van der Waals surface area contributed by atoms with E-state index in [9.17, 15) is 0 Å². The summed E-state index contributed by atoms with van der Waals surface area (Å²) in [5, 5.41) is 10.4. The summed E-state index contributed by atoms with van der Waals surface area (Å²) >= 11 is 1.20. The van der Waals surface area contributed by atoms with Gasteiger partial charge in [0, 0.05) is 4.91 Å². The second-order valence-electron chi connectivity index (χ2n) is 0.911. The van der Waals surface area contributed by atoms with Crippen LogP contribution in [0.25, 0.3) is 10.4 Å². The zero-order chi connectivity index (χ0) is 5.82. The molecule has 40 valence electrons. The molecule has 0 fully saturated rings. The van der Waals surface area contributed by atoms with Crippen molar-refractivity contribution < 1.29 is 0 Å². The molecule has 0 N–H and O–H groups in total. The molecule has 0 saturated carbocycles. The Bertz CT molecular complexity index is 196. The van der Waals surface area contributed by atoms with Crippen LogP contribution in [-0.4, -0.2) is 10.2 Å². The highest BCUT2D eigenvalue weighted by molar-refractivity contribution is 7.13. The van der Waals surface area contributed by atoms with E-state index in [1.54, 1.807) is 0 Å². The summed E-state index contributed by atoms with van der Waals surface area (Å²) in [5.41, 5.74) is 9.34. The molecule has 1 aromatic rings. The average molecular weight is 127 g/mol. The van der Waals surface area contributed by atoms with Gasteiger partial charge < -0.3 is 0 Å². The van der Waals surface area contributed by atoms with E-state index in [0.29, 0.717) is 5.13 Å². The van der Waals surface area contributed by atoms with Crippen molar-refractivity contribution in [2.24, 2.45) is 5.11 Å². The highest BCUT2D eigenvalue weighted by Gasteiger charge is 1.85. The zero-order valence-electron chi connectivity index (χ0n) is 3.72. The lowest BCUT2D eigenvalue weighted by molar-refractivity contribution is 1.08. The van der Waals surface area contributed by atoms with Crippen molar-refractivity contribution in [2.75, 3.05) is 0 Å². The van der Waals surface area contributed by atoms with Crippen molar-refractivity contribution in [3.63, 3.8) is 0 Å². The lowest BCUT2D eigenvalue weighted by Gasteiger charge is -1.65. The Kier molecular flexibility index (Phi) is 1.41. The third-order valence-electron chi connectivity index (χ3n) is 0.479. The second-order valence-corrected chi connectivity index (χ2v) is 1.72. The van der Waals surface area contributed by atoms with Crippen molar-refractivity contribution in [2.45, 2.75) is 0 Å². The van der Waals surface area contributed by atoms with E-state index in [1.165, 1.54) is 16.8 Å². The van der Waals surface area contributed by atoms with Gasteiger partial charge in [-0.05, 0) is 10.6 Å². The summed E-state index contributed by atoms with van der Waals surface area (Å²) < 4.78 is 0. The maximum atomic E-state index is 7.84. The summed E-state index contributed by atoms with van der Waals surface area (Å²) in [6.07, 6.45) is 0. The summed E-state index contributed by atoms with van der Waals surface area (Å²) in [6, 6.07) is 0. The maximum Gasteiger partial charge on any atom is 0.203 e. The van der Waals surface area contributed by atoms with Crippen molar-refractivity contribution in [3.05, 3.63) is 16.0 Å². The quantitative estimate of drug-likeness (QED) is 0.325. The van der Waals surface area contributed by atoms with Gasteiger partial charge >= 0.3 is 0 Å². The normalized spacial score (nSPS) is 8.00. The summed E-state index contributed by atoms with van der Waals surface area (Å²) in [7, 11) is 0. The van der Waals surface area contributed by atoms with E-state index in [1.807, 2.05) is 0 Å². The molecule has 0 amide bonds. The molecular weight excluding hydrogens is 126 g/mol. The molecule has 1 heterocycles. The molecule has 6 heteroatoms. The lowest BCUT2D eigenvalue weighted by Crippen LogP contribution is -1.59. The number of azide groups is 1. The minimum absolute atomic E-state index is 0.354. The van der Waals surface area contributed by atoms with E-state index in [0.717, 1.165) is 0 Å². The average Bonchev–Trinajstić information content (AvgIpc) is 2.19. The Balaban J connectivity index is 2.93. The van der Waals surface area contributed by atoms with Crippen LogP contribution in [0, 0.1) is 0 Å². The minimum Gasteiger partial charge on any atom is -0.147 e. The number of hydrogen-bond acceptors (Lipinski definition) is 4. The monoisotopic (exact) mass is 127 g/mol. The molecule has 0 bridgehead atoms. The predicted molar refractivity (Wildman–Crippen MR) is 28.7 cm³/mol. The van der Waals surface area contributed by atoms with Gasteiger partial charge in [-0.15, -0.1) is 10.2 Å². The Morgan fingerprint density at radius 2 is 2.75 bits per heavy atom. The first-order valence-electron chi connectivity index (χ1n) is 1.75. The van der Waals surface area contributed by atoms with Crippen molar-refractivity contribution >= 4 is 16.5 Å². The van der Waals surface area contributed by atoms with Crippen LogP contribution >= 0.6 is 11.3 Å². The second kappa shape index (κ2) is 2.25. The van der Waals surface area contributed by atoms with Gasteiger partial charge in [0.05, 0.1) is 0 Å². The molecule has 0 aliphatic heterocycles. The summed E-state index contributed by atoms with van der Waals surface area (Å²) in [6.45, 7) is 0. The fourth-order valence-electron chi connectivity index (χ4n) is 0.249. The third kappa shape index (κ3) is 0.927. The van der Waals surface area contributed by atoms with Crippen LogP contribution in [0.1, 0.15) is 0 Å². The van der Waals surface area contributed by atoms with E-state index < -0.39 is 0 Å². The first-order valence-corrected chi connectivity index (χ1v) is 2.62. The standard InChI is InChI=1S/C2HN5S/c3-7-6-2-5-4-1-8-2/h1H. The molecule has 8 heavy (non-hydrogen) atoms. The predicted octanol–water partition coefficient (Wildman–Crippen LogP) is 1.48. The number of nitrogens with zero attached hydrogens (tertiary/aromatic N) is 5. The van der Waals surface area contributed by atoms with Crippen LogP contribution in [0.15, 0.2) is 10.6 Å². The molecule has 0 unspecified atom stereocenters. The molecule has 0 saturated heterocycles. The van der Waals surface area contributed by atoms with Gasteiger partial charge in [-0.2, -0.15) is 0 Å². The van der Waals surface area contributed by atoms with Gasteiger partial charge in [-0.25, -0.2) is 0 Å². The molecule has 0 radical (unpaired) electrons. The Labute approximate surface area is 48.6 Å². The van der Waals surface area contributed by atoms with E-state index in [2.05, 4.69) is 20.2 Å². The molecule has 0 atom stereocenters. The van der Waals surface area contributed by atoms with Crippen LogP contribution in [0.2, 0.25) is 0 Å². The zero-order valence-corrected chi connectivity index (χ0v) is 4.54. The molecule has 5 nitrogen and oxygen atoms in total. The summed E-state index contributed by atoms with van der Waals surface area (Å²) in [5.74, 6) is 0. The van der Waals surface area contributed by atoms with Crippen molar-refractivity contribution in [1.82, 2.24) is 10.2 Å². The van der Waals surface area contributed by atoms with E-state index in [4.69, 9.17) is 5.53 Å². The van der Waals surface area contributed by atoms with E-state index >= 15 is 0 Å². The fraction of sp³-hybridized carbons (Fsp3) is 0. The lowest BCUT2D eigenvalue weighted by atomic mass is 11.3. The third-order valence-corrected chi connectivity index (χ3v) is 1.05. The Morgan fingerprint density at radius 1 is 1.88 bits per heavy atom. The molecule has 0 spiro atoms. The van der Waals surface area contributed by atoms with Gasteiger partial charge in [0.25, 0.3) is 0 Å². The smallest absolute Gasteiger partial charge is 0.147 e. The van der Waals surface area contributed by atoms with Crippen LogP contribution in [0.5, 0.6) is 0 Å². The SMILES string of the molecule is [N-]=[N+]=Nc1nncs1. The van der Waals surface area contributed by atoms with Crippen molar-refractivity contribution in [3.8, 4) is 0 Å². The number of rotatable bonds is 1. The molecule has 0 aliphatic carbocycles. The topological polar surface area (TPSA) is 74.5 Å². The van der Waals surface area contributed by atoms with Gasteiger partial charge in [-0.1, -0.05) is 11.3 Å². The van der Waals surface area contributed by atoms with Crippen molar-refractivity contribution in [1.29, 1.82) is 0 Å². The van der Waals surface area contributed by atoms with Gasteiger partial charge in [0.2, 0.25) is 5.13 Å². The van der Waals surface area contributed by atoms with Crippen LogP contribution in [0.3, 0.4) is 0 Å². The highest BCUT2D eigenvalue weighted by atomic mass is 32.1. The maximum absolute atomic E-state index is 7.84. The molecule has 1 rings (SSSR count). The Hall–Kier alpha value is -1.13. The molecule has 0 aliphatic rings. The van der Waals surface area contributed by atoms with Gasteiger partial charge in [0.1, 0.15) is 5.51 Å². The van der Waals surface area contributed by atoms with Crippen LogP contribution in [-0.2, 0) is 0 Å². The van der Waals surface area contributed by atoms with Gasteiger partial charge in [-0.3, -0.25) is 0 Å². The first-order chi connectivity index (χ1) is 3.93. The Morgan fingerprint density at radius 3 is 3.25 bits per heavy atom. The molecule has 1 aromatic heterocycles. The number of hydrogen-bond donors (Lipinski definition) is 0. The van der Waals surface area contributed by atoms with E-state index in [-0.39, 0.29) is 0 Å². The summed E-state index contributed by atoms with van der Waals surface area (Å²) in [4.78, 5) is 2.51. The first kappa shape index (κ1) is 5.02. The number of aromatic nitrogens is 2. The minimum atomic E-state index is 0.354. The fourth-order valence-corrected chi connectivity index (χ4v) is 0.616. The van der Waals surface area contributed by atoms with Crippen LogP contribution < -0.4 is 0 Å². The van der Waals surface area contributed by atoms with Gasteiger partial charge in [0.15, 0.2) is 0 Å². The molecular formula is C2HN5S. The highest BCUT2D eigenvalue weighted by Crippen LogP contribution is 2.11. The van der Waals surface area contributed by atoms with Crippen LogP contribution in [0.4, 0.5) is 5.13 Å².